The van der Waals surface area contributed by atoms with Crippen LogP contribution in [-0.2, 0) is 9.53 Å². The number of aryl methyl sites for hydroxylation is 1. The number of rotatable bonds is 4. The monoisotopic (exact) mass is 242 g/mol. The van der Waals surface area contributed by atoms with Crippen LogP contribution in [0.5, 0.6) is 0 Å². The number of aliphatic hydroxyl groups is 2. The number of benzene rings is 1. The van der Waals surface area contributed by atoms with Crippen LogP contribution in [0.2, 0.25) is 0 Å². The van der Waals surface area contributed by atoms with E-state index in [4.69, 9.17) is 0 Å². The van der Waals surface area contributed by atoms with Gasteiger partial charge in [-0.2, -0.15) is 0 Å². The summed E-state index contributed by atoms with van der Waals surface area (Å²) in [6.07, 6.45) is -3.09. The molecule has 2 atom stereocenters. The second-order valence-corrected chi connectivity index (χ2v) is 3.65. The molecule has 1 rings (SSSR count). The molecule has 0 aliphatic carbocycles. The Labute approximate surface area is 98.7 Å². The maximum absolute atomic E-state index is 13.0. The van der Waals surface area contributed by atoms with E-state index in [9.17, 15) is 19.4 Å². The van der Waals surface area contributed by atoms with Gasteiger partial charge in [-0.05, 0) is 31.0 Å². The number of carbonyl (C=O) groups is 1. The number of hydrogen-bond acceptors (Lipinski definition) is 4. The number of halogens is 1. The van der Waals surface area contributed by atoms with E-state index in [1.807, 2.05) is 0 Å². The predicted molar refractivity (Wildman–Crippen MR) is 58.7 cm³/mol. The standard InChI is InChI=1S/C12H15FO4/c1-3-17-12(16)11(15)10(14)8-4-5-9(13)7(2)6-8/h4-6,10-11,14-15H,3H2,1-2H3. The molecule has 0 saturated heterocycles. The van der Waals surface area contributed by atoms with Crippen molar-refractivity contribution >= 4 is 5.97 Å². The molecule has 0 radical (unpaired) electrons. The summed E-state index contributed by atoms with van der Waals surface area (Å²) < 4.78 is 17.6. The van der Waals surface area contributed by atoms with Gasteiger partial charge in [0.05, 0.1) is 6.61 Å². The predicted octanol–water partition coefficient (Wildman–Crippen LogP) is 1.09. The quantitative estimate of drug-likeness (QED) is 0.776. The van der Waals surface area contributed by atoms with Crippen LogP contribution in [0.4, 0.5) is 4.39 Å². The lowest BCUT2D eigenvalue weighted by Gasteiger charge is -2.17. The maximum atomic E-state index is 13.0. The summed E-state index contributed by atoms with van der Waals surface area (Å²) in [5.41, 5.74) is 0.599. The second kappa shape index (κ2) is 5.75. The number of carbonyl (C=O) groups excluding carboxylic acids is 1. The average Bonchev–Trinajstić information content (AvgIpc) is 2.31. The van der Waals surface area contributed by atoms with Gasteiger partial charge < -0.3 is 14.9 Å². The third-order valence-electron chi connectivity index (χ3n) is 2.35. The van der Waals surface area contributed by atoms with Crippen molar-refractivity contribution in [2.45, 2.75) is 26.1 Å². The van der Waals surface area contributed by atoms with Gasteiger partial charge in [-0.15, -0.1) is 0 Å². The fourth-order valence-corrected chi connectivity index (χ4v) is 1.39. The van der Waals surface area contributed by atoms with Crippen LogP contribution < -0.4 is 0 Å². The van der Waals surface area contributed by atoms with Crippen LogP contribution in [0, 0.1) is 12.7 Å². The molecule has 0 fully saturated rings. The second-order valence-electron chi connectivity index (χ2n) is 3.65. The van der Waals surface area contributed by atoms with Crippen LogP contribution in [0.25, 0.3) is 0 Å². The Morgan fingerprint density at radius 3 is 2.65 bits per heavy atom. The smallest absolute Gasteiger partial charge is 0.338 e. The van der Waals surface area contributed by atoms with Crippen molar-refractivity contribution in [1.29, 1.82) is 0 Å². The molecule has 94 valence electrons. The Morgan fingerprint density at radius 2 is 2.12 bits per heavy atom. The molecule has 0 spiro atoms. The summed E-state index contributed by atoms with van der Waals surface area (Å²) in [5, 5.41) is 19.2. The normalized spacial score (nSPS) is 14.2. The molecule has 0 aromatic heterocycles. The third kappa shape index (κ3) is 3.25. The lowest BCUT2D eigenvalue weighted by atomic mass is 10.0. The first kappa shape index (κ1) is 13.6. The summed E-state index contributed by atoms with van der Waals surface area (Å²) in [4.78, 5) is 11.2. The Hall–Kier alpha value is -1.46. The number of hydrogen-bond donors (Lipinski definition) is 2. The lowest BCUT2D eigenvalue weighted by Crippen LogP contribution is -2.29. The molecule has 4 nitrogen and oxygen atoms in total. The largest absolute Gasteiger partial charge is 0.464 e. The third-order valence-corrected chi connectivity index (χ3v) is 2.35. The number of aliphatic hydroxyl groups excluding tert-OH is 2. The van der Waals surface area contributed by atoms with E-state index >= 15 is 0 Å². The Morgan fingerprint density at radius 1 is 1.47 bits per heavy atom. The summed E-state index contributed by atoms with van der Waals surface area (Å²) in [5.74, 6) is -1.31. The molecule has 2 unspecified atom stereocenters. The van der Waals surface area contributed by atoms with Crippen molar-refractivity contribution in [1.82, 2.24) is 0 Å². The van der Waals surface area contributed by atoms with Crippen molar-refractivity contribution in [2.24, 2.45) is 0 Å². The van der Waals surface area contributed by atoms with Crippen LogP contribution in [0.15, 0.2) is 18.2 Å². The highest BCUT2D eigenvalue weighted by Crippen LogP contribution is 2.20. The summed E-state index contributed by atoms with van der Waals surface area (Å²) >= 11 is 0. The fraction of sp³-hybridized carbons (Fsp3) is 0.417. The molecule has 0 aliphatic rings. The Balaban J connectivity index is 2.84. The van der Waals surface area contributed by atoms with E-state index in [1.54, 1.807) is 6.92 Å². The molecule has 2 N–H and O–H groups in total. The van der Waals surface area contributed by atoms with E-state index in [0.29, 0.717) is 5.56 Å². The average molecular weight is 242 g/mol. The van der Waals surface area contributed by atoms with E-state index in [2.05, 4.69) is 4.74 Å². The zero-order valence-electron chi connectivity index (χ0n) is 9.68. The highest BCUT2D eigenvalue weighted by molar-refractivity contribution is 5.75. The number of esters is 1. The highest BCUT2D eigenvalue weighted by Gasteiger charge is 2.27. The minimum absolute atomic E-state index is 0.116. The van der Waals surface area contributed by atoms with Gasteiger partial charge in [0, 0.05) is 0 Å². The van der Waals surface area contributed by atoms with Crippen molar-refractivity contribution < 1.29 is 24.1 Å². The molecule has 0 bridgehead atoms. The van der Waals surface area contributed by atoms with Gasteiger partial charge in [0.15, 0.2) is 6.10 Å². The summed E-state index contributed by atoms with van der Waals surface area (Å²) in [6, 6.07) is 3.86. The SMILES string of the molecule is CCOC(=O)C(O)C(O)c1ccc(F)c(C)c1. The van der Waals surface area contributed by atoms with Gasteiger partial charge in [-0.1, -0.05) is 12.1 Å². The molecule has 0 amide bonds. The molecule has 0 heterocycles. The lowest BCUT2D eigenvalue weighted by molar-refractivity contribution is -0.159. The molecule has 17 heavy (non-hydrogen) atoms. The molecule has 0 saturated carbocycles. The zero-order valence-corrected chi connectivity index (χ0v) is 9.68. The van der Waals surface area contributed by atoms with Gasteiger partial charge in [-0.25, -0.2) is 9.18 Å². The van der Waals surface area contributed by atoms with Crippen molar-refractivity contribution in [3.63, 3.8) is 0 Å². The van der Waals surface area contributed by atoms with Crippen LogP contribution in [0.1, 0.15) is 24.2 Å². The van der Waals surface area contributed by atoms with E-state index in [-0.39, 0.29) is 12.2 Å². The summed E-state index contributed by atoms with van der Waals surface area (Å²) in [7, 11) is 0. The van der Waals surface area contributed by atoms with Crippen molar-refractivity contribution in [2.75, 3.05) is 6.61 Å². The molecular weight excluding hydrogens is 227 g/mol. The minimum Gasteiger partial charge on any atom is -0.464 e. The first-order chi connectivity index (χ1) is 7.97. The van der Waals surface area contributed by atoms with Crippen LogP contribution in [0.3, 0.4) is 0 Å². The van der Waals surface area contributed by atoms with Gasteiger partial charge in [0.25, 0.3) is 0 Å². The molecular formula is C12H15FO4. The first-order valence-corrected chi connectivity index (χ1v) is 5.26. The van der Waals surface area contributed by atoms with Crippen molar-refractivity contribution in [3.05, 3.63) is 35.1 Å². The highest BCUT2D eigenvalue weighted by atomic mass is 19.1. The van der Waals surface area contributed by atoms with Gasteiger partial charge >= 0.3 is 5.97 Å². The maximum Gasteiger partial charge on any atom is 0.338 e. The molecule has 0 aliphatic heterocycles. The van der Waals surface area contributed by atoms with Gasteiger partial charge in [0.1, 0.15) is 11.9 Å². The zero-order chi connectivity index (χ0) is 13.0. The fourth-order valence-electron chi connectivity index (χ4n) is 1.39. The minimum atomic E-state index is -1.67. The number of ether oxygens (including phenoxy) is 1. The van der Waals surface area contributed by atoms with E-state index < -0.39 is 24.0 Å². The molecule has 1 aromatic rings. The first-order valence-electron chi connectivity index (χ1n) is 5.26. The topological polar surface area (TPSA) is 66.8 Å². The van der Waals surface area contributed by atoms with Gasteiger partial charge in [-0.3, -0.25) is 0 Å². The Bertz CT molecular complexity index is 405. The van der Waals surface area contributed by atoms with Crippen LogP contribution in [-0.4, -0.2) is 28.9 Å². The van der Waals surface area contributed by atoms with Crippen LogP contribution >= 0.6 is 0 Å². The Kier molecular flexibility index (Phi) is 4.60. The van der Waals surface area contributed by atoms with E-state index in [1.165, 1.54) is 25.1 Å². The van der Waals surface area contributed by atoms with E-state index in [0.717, 1.165) is 0 Å². The molecule has 5 heteroatoms. The van der Waals surface area contributed by atoms with Crippen molar-refractivity contribution in [3.8, 4) is 0 Å². The molecule has 1 aromatic carbocycles. The van der Waals surface area contributed by atoms with Gasteiger partial charge in [0.2, 0.25) is 0 Å². The summed E-state index contributed by atoms with van der Waals surface area (Å²) in [6.45, 7) is 3.24.